The van der Waals surface area contributed by atoms with Crippen LogP contribution < -0.4 is 4.90 Å². The summed E-state index contributed by atoms with van der Waals surface area (Å²) in [5.41, 5.74) is -0.316. The zero-order valence-corrected chi connectivity index (χ0v) is 12.6. The first kappa shape index (κ1) is 13.3. The molecule has 4 nitrogen and oxygen atoms in total. The summed E-state index contributed by atoms with van der Waals surface area (Å²) >= 11 is 12.0. The van der Waals surface area contributed by atoms with Gasteiger partial charge in [-0.25, -0.2) is 4.90 Å². The number of halogens is 2. The fourth-order valence-corrected chi connectivity index (χ4v) is 4.05. The largest absolute Gasteiger partial charge is 0.362 e. The molecule has 3 aliphatic rings. The Morgan fingerprint density at radius 3 is 2.67 bits per heavy atom. The standard InChI is InChI=1S/C15H11Cl2NO3/c1-15-5-4-10(21-15)11-12(15)14(20)18(13(11)19)9-3-2-7(16)6-8(9)17/h2-6,10-12H,1H3/t10-,11-,12-,15-/m1/s1. The summed E-state index contributed by atoms with van der Waals surface area (Å²) < 4.78 is 5.77. The Morgan fingerprint density at radius 1 is 1.24 bits per heavy atom. The van der Waals surface area contributed by atoms with Crippen molar-refractivity contribution in [2.24, 2.45) is 11.8 Å². The van der Waals surface area contributed by atoms with Crippen molar-refractivity contribution in [3.05, 3.63) is 40.4 Å². The van der Waals surface area contributed by atoms with Crippen molar-refractivity contribution >= 4 is 40.7 Å². The number of imide groups is 1. The van der Waals surface area contributed by atoms with Crippen molar-refractivity contribution in [1.29, 1.82) is 0 Å². The lowest BCUT2D eigenvalue weighted by Crippen LogP contribution is -2.38. The number of nitrogens with zero attached hydrogens (tertiary/aromatic N) is 1. The van der Waals surface area contributed by atoms with Crippen LogP contribution in [0.5, 0.6) is 0 Å². The van der Waals surface area contributed by atoms with E-state index >= 15 is 0 Å². The molecule has 21 heavy (non-hydrogen) atoms. The molecular weight excluding hydrogens is 313 g/mol. The molecule has 2 amide bonds. The Balaban J connectivity index is 1.80. The van der Waals surface area contributed by atoms with Crippen LogP contribution in [0.4, 0.5) is 5.69 Å². The summed E-state index contributed by atoms with van der Waals surface area (Å²) in [6.07, 6.45) is 3.41. The second kappa shape index (κ2) is 4.09. The zero-order valence-electron chi connectivity index (χ0n) is 11.0. The van der Waals surface area contributed by atoms with Gasteiger partial charge >= 0.3 is 0 Å². The molecule has 0 radical (unpaired) electrons. The number of carbonyl (C=O) groups excluding carboxylic acids is 2. The number of amides is 2. The maximum absolute atomic E-state index is 12.7. The highest BCUT2D eigenvalue weighted by Gasteiger charge is 2.66. The molecule has 0 aliphatic carbocycles. The number of ether oxygens (including phenoxy) is 1. The Hall–Kier alpha value is -1.36. The number of rotatable bonds is 1. The molecular formula is C15H11Cl2NO3. The lowest BCUT2D eigenvalue weighted by molar-refractivity contribution is -0.126. The van der Waals surface area contributed by atoms with Gasteiger partial charge in [-0.2, -0.15) is 0 Å². The molecule has 0 saturated carbocycles. The van der Waals surface area contributed by atoms with Crippen LogP contribution in [0.25, 0.3) is 0 Å². The van der Waals surface area contributed by atoms with Crippen molar-refractivity contribution in [1.82, 2.24) is 0 Å². The molecule has 4 rings (SSSR count). The molecule has 1 aromatic carbocycles. The molecule has 2 bridgehead atoms. The van der Waals surface area contributed by atoms with Crippen molar-refractivity contribution in [3.63, 3.8) is 0 Å². The minimum Gasteiger partial charge on any atom is -0.362 e. The lowest BCUT2D eigenvalue weighted by Gasteiger charge is -2.24. The monoisotopic (exact) mass is 323 g/mol. The van der Waals surface area contributed by atoms with Gasteiger partial charge in [0, 0.05) is 5.02 Å². The molecule has 108 valence electrons. The zero-order chi connectivity index (χ0) is 14.9. The van der Waals surface area contributed by atoms with Gasteiger partial charge in [-0.15, -0.1) is 0 Å². The normalized spacial score (nSPS) is 36.7. The minimum absolute atomic E-state index is 0.257. The van der Waals surface area contributed by atoms with Crippen LogP contribution in [0.1, 0.15) is 6.92 Å². The van der Waals surface area contributed by atoms with Gasteiger partial charge in [0.1, 0.15) is 0 Å². The molecule has 6 heteroatoms. The first-order chi connectivity index (χ1) is 9.92. The number of carbonyl (C=O) groups is 2. The number of anilines is 1. The van der Waals surface area contributed by atoms with Gasteiger partial charge in [-0.1, -0.05) is 35.4 Å². The van der Waals surface area contributed by atoms with E-state index in [1.807, 2.05) is 19.1 Å². The average Bonchev–Trinajstić information content (AvgIpc) is 3.01. The molecule has 0 unspecified atom stereocenters. The maximum atomic E-state index is 12.7. The van der Waals surface area contributed by atoms with Crippen molar-refractivity contribution in [3.8, 4) is 0 Å². The van der Waals surface area contributed by atoms with Gasteiger partial charge in [0.2, 0.25) is 11.8 Å². The quantitative estimate of drug-likeness (QED) is 0.589. The summed E-state index contributed by atoms with van der Waals surface area (Å²) in [5.74, 6) is -1.46. The van der Waals surface area contributed by atoms with Crippen LogP contribution in [0.15, 0.2) is 30.4 Å². The third-order valence-electron chi connectivity index (χ3n) is 4.48. The predicted molar refractivity (Wildman–Crippen MR) is 78.4 cm³/mol. The SMILES string of the molecule is C[C@]12C=C[C@@H](O1)[C@H]1C(=O)N(c3ccc(Cl)cc3Cl)C(=O)[C@@H]12. The van der Waals surface area contributed by atoms with E-state index < -0.39 is 17.4 Å². The van der Waals surface area contributed by atoms with Gasteiger partial charge < -0.3 is 4.74 Å². The highest BCUT2D eigenvalue weighted by molar-refractivity contribution is 6.38. The second-order valence-corrected chi connectivity index (χ2v) is 6.58. The number of benzene rings is 1. The molecule has 3 aliphatic heterocycles. The van der Waals surface area contributed by atoms with Crippen LogP contribution >= 0.6 is 23.2 Å². The summed E-state index contributed by atoms with van der Waals surface area (Å²) in [7, 11) is 0. The Labute approximate surface area is 131 Å². The molecule has 2 saturated heterocycles. The molecule has 2 fully saturated rings. The first-order valence-electron chi connectivity index (χ1n) is 6.62. The Kier molecular flexibility index (Phi) is 2.60. The topological polar surface area (TPSA) is 46.6 Å². The smallest absolute Gasteiger partial charge is 0.241 e. The van der Waals surface area contributed by atoms with E-state index in [2.05, 4.69) is 0 Å². The van der Waals surface area contributed by atoms with E-state index in [9.17, 15) is 9.59 Å². The fourth-order valence-electron chi connectivity index (χ4n) is 3.55. The third kappa shape index (κ3) is 1.61. The first-order valence-corrected chi connectivity index (χ1v) is 7.38. The van der Waals surface area contributed by atoms with Crippen molar-refractivity contribution < 1.29 is 14.3 Å². The second-order valence-electron chi connectivity index (χ2n) is 5.74. The number of fused-ring (bicyclic) bond motifs is 5. The van der Waals surface area contributed by atoms with Crippen molar-refractivity contribution in [2.75, 3.05) is 4.90 Å². The maximum Gasteiger partial charge on any atom is 0.241 e. The van der Waals surface area contributed by atoms with E-state index in [0.29, 0.717) is 10.7 Å². The molecule has 3 heterocycles. The number of hydrogen-bond donors (Lipinski definition) is 0. The van der Waals surface area contributed by atoms with Crippen LogP contribution in [-0.4, -0.2) is 23.5 Å². The summed E-state index contributed by atoms with van der Waals surface area (Å²) in [5, 5.41) is 0.746. The molecule has 4 atom stereocenters. The van der Waals surface area contributed by atoms with Crippen molar-refractivity contribution in [2.45, 2.75) is 18.6 Å². The fraction of sp³-hybridized carbons (Fsp3) is 0.333. The highest BCUT2D eigenvalue weighted by atomic mass is 35.5. The van der Waals surface area contributed by atoms with E-state index in [1.165, 1.54) is 11.0 Å². The van der Waals surface area contributed by atoms with E-state index in [-0.39, 0.29) is 22.9 Å². The van der Waals surface area contributed by atoms with Crippen LogP contribution in [0, 0.1) is 11.8 Å². The summed E-state index contributed by atoms with van der Waals surface area (Å²) in [6.45, 7) is 1.84. The third-order valence-corrected chi connectivity index (χ3v) is 5.02. The van der Waals surface area contributed by atoms with Gasteiger partial charge in [-0.3, -0.25) is 9.59 Å². The van der Waals surface area contributed by atoms with Gasteiger partial charge in [0.15, 0.2) is 0 Å². The van der Waals surface area contributed by atoms with Gasteiger partial charge in [0.25, 0.3) is 0 Å². The van der Waals surface area contributed by atoms with Crippen LogP contribution in [0.2, 0.25) is 10.0 Å². The van der Waals surface area contributed by atoms with Gasteiger partial charge in [-0.05, 0) is 25.1 Å². The Morgan fingerprint density at radius 2 is 2.00 bits per heavy atom. The molecule has 1 aromatic rings. The summed E-state index contributed by atoms with van der Waals surface area (Å²) in [6, 6.07) is 4.74. The van der Waals surface area contributed by atoms with E-state index in [1.54, 1.807) is 12.1 Å². The average molecular weight is 324 g/mol. The summed E-state index contributed by atoms with van der Waals surface area (Å²) in [4.78, 5) is 26.6. The number of hydrogen-bond acceptors (Lipinski definition) is 3. The van der Waals surface area contributed by atoms with Crippen LogP contribution in [-0.2, 0) is 14.3 Å². The molecule has 0 N–H and O–H groups in total. The van der Waals surface area contributed by atoms with E-state index in [0.717, 1.165) is 0 Å². The highest BCUT2D eigenvalue weighted by Crippen LogP contribution is 2.52. The van der Waals surface area contributed by atoms with Crippen LogP contribution in [0.3, 0.4) is 0 Å². The van der Waals surface area contributed by atoms with Gasteiger partial charge in [0.05, 0.1) is 34.3 Å². The molecule has 0 aromatic heterocycles. The lowest BCUT2D eigenvalue weighted by atomic mass is 9.78. The minimum atomic E-state index is -0.699. The Bertz CT molecular complexity index is 717. The molecule has 0 spiro atoms. The predicted octanol–water partition coefficient (Wildman–Crippen LogP) is 2.83. The van der Waals surface area contributed by atoms with E-state index in [4.69, 9.17) is 27.9 Å².